The highest BCUT2D eigenvalue weighted by Gasteiger charge is 2.21. The Balaban J connectivity index is 2.15. The smallest absolute Gasteiger partial charge is 0.165 e. The summed E-state index contributed by atoms with van der Waals surface area (Å²) in [6, 6.07) is 7.88. The first-order chi connectivity index (χ1) is 9.24. The van der Waals surface area contributed by atoms with E-state index in [1.807, 2.05) is 18.2 Å². The molecule has 4 nitrogen and oxygen atoms in total. The normalized spacial score (nSPS) is 16.9. The van der Waals surface area contributed by atoms with E-state index in [1.54, 1.807) is 7.11 Å². The maximum absolute atomic E-state index is 8.90. The minimum atomic E-state index is 0.213. The lowest BCUT2D eigenvalue weighted by molar-refractivity contribution is 0.110. The van der Waals surface area contributed by atoms with E-state index in [0.717, 1.165) is 37.2 Å². The van der Waals surface area contributed by atoms with E-state index < -0.39 is 0 Å². The van der Waals surface area contributed by atoms with Crippen LogP contribution in [-0.2, 0) is 6.42 Å². The summed E-state index contributed by atoms with van der Waals surface area (Å²) >= 11 is 0. The summed E-state index contributed by atoms with van der Waals surface area (Å²) < 4.78 is 11.5. The van der Waals surface area contributed by atoms with E-state index in [0.29, 0.717) is 12.2 Å². The molecule has 1 heterocycles. The fourth-order valence-electron chi connectivity index (χ4n) is 2.35. The molecule has 0 bridgehead atoms. The third kappa shape index (κ3) is 3.39. The van der Waals surface area contributed by atoms with E-state index in [9.17, 15) is 0 Å². The van der Waals surface area contributed by atoms with E-state index >= 15 is 0 Å². The fourth-order valence-corrected chi connectivity index (χ4v) is 2.35. The Bertz CT molecular complexity index is 460. The summed E-state index contributed by atoms with van der Waals surface area (Å²) in [5.74, 6) is 1.45. The van der Waals surface area contributed by atoms with Crippen molar-refractivity contribution in [1.29, 1.82) is 5.26 Å². The molecule has 0 aromatic heterocycles. The third-order valence-corrected chi connectivity index (χ3v) is 3.50. The van der Waals surface area contributed by atoms with Gasteiger partial charge >= 0.3 is 0 Å². The van der Waals surface area contributed by atoms with Crippen LogP contribution in [0.25, 0.3) is 0 Å². The standard InChI is InChI=1S/C15H20N2O2/c1-17-10-7-13(8-11-17)19-15-12(6-9-16)4-3-5-14(15)18-2/h3-5,13H,6-8,10-11H2,1-2H3. The van der Waals surface area contributed by atoms with Crippen LogP contribution in [0.1, 0.15) is 18.4 Å². The van der Waals surface area contributed by atoms with Crippen LogP contribution >= 0.6 is 0 Å². The first-order valence-electron chi connectivity index (χ1n) is 6.62. The molecule has 2 rings (SSSR count). The monoisotopic (exact) mass is 260 g/mol. The Labute approximate surface area is 114 Å². The third-order valence-electron chi connectivity index (χ3n) is 3.50. The van der Waals surface area contributed by atoms with E-state index in [2.05, 4.69) is 18.0 Å². The molecule has 0 saturated carbocycles. The molecule has 0 radical (unpaired) electrons. The summed E-state index contributed by atoms with van der Waals surface area (Å²) in [6.45, 7) is 2.10. The van der Waals surface area contributed by atoms with Gasteiger partial charge in [0.2, 0.25) is 0 Å². The Hall–Kier alpha value is -1.73. The Kier molecular flexibility index (Phi) is 4.64. The molecule has 0 N–H and O–H groups in total. The molecule has 0 atom stereocenters. The van der Waals surface area contributed by atoms with Crippen molar-refractivity contribution in [1.82, 2.24) is 4.90 Å². The van der Waals surface area contributed by atoms with Crippen molar-refractivity contribution in [3.63, 3.8) is 0 Å². The van der Waals surface area contributed by atoms with Gasteiger partial charge in [0, 0.05) is 18.7 Å². The lowest BCUT2D eigenvalue weighted by Crippen LogP contribution is -2.35. The van der Waals surface area contributed by atoms with Crippen molar-refractivity contribution >= 4 is 0 Å². The van der Waals surface area contributed by atoms with Gasteiger partial charge in [0.15, 0.2) is 11.5 Å². The van der Waals surface area contributed by atoms with Gasteiger partial charge in [-0.3, -0.25) is 0 Å². The number of hydrogen-bond acceptors (Lipinski definition) is 4. The highest BCUT2D eigenvalue weighted by atomic mass is 16.5. The largest absolute Gasteiger partial charge is 0.493 e. The lowest BCUT2D eigenvalue weighted by atomic mass is 10.1. The SMILES string of the molecule is COc1cccc(CC#N)c1OC1CCN(C)CC1. The number of hydrogen-bond donors (Lipinski definition) is 0. The molecule has 1 fully saturated rings. The number of rotatable bonds is 4. The van der Waals surface area contributed by atoms with Gasteiger partial charge in [-0.25, -0.2) is 0 Å². The Morgan fingerprint density at radius 1 is 1.37 bits per heavy atom. The van der Waals surface area contributed by atoms with Gasteiger partial charge in [-0.1, -0.05) is 12.1 Å². The van der Waals surface area contributed by atoms with Gasteiger partial charge in [-0.2, -0.15) is 5.26 Å². The number of benzene rings is 1. The molecule has 0 unspecified atom stereocenters. The van der Waals surface area contributed by atoms with Crippen molar-refractivity contribution in [2.24, 2.45) is 0 Å². The number of nitriles is 1. The van der Waals surface area contributed by atoms with Gasteiger partial charge < -0.3 is 14.4 Å². The molecule has 102 valence electrons. The molecular formula is C15H20N2O2. The zero-order chi connectivity index (χ0) is 13.7. The number of para-hydroxylation sites is 1. The highest BCUT2D eigenvalue weighted by molar-refractivity contribution is 5.47. The molecule has 4 heteroatoms. The molecule has 1 aromatic rings. The quantitative estimate of drug-likeness (QED) is 0.833. The van der Waals surface area contributed by atoms with Crippen molar-refractivity contribution in [2.45, 2.75) is 25.4 Å². The first-order valence-corrected chi connectivity index (χ1v) is 6.62. The van der Waals surface area contributed by atoms with Crippen LogP contribution in [-0.4, -0.2) is 38.3 Å². The van der Waals surface area contributed by atoms with E-state index in [-0.39, 0.29) is 6.10 Å². The molecule has 0 spiro atoms. The van der Waals surface area contributed by atoms with E-state index in [1.165, 1.54) is 0 Å². The van der Waals surface area contributed by atoms with Crippen LogP contribution in [0.5, 0.6) is 11.5 Å². The van der Waals surface area contributed by atoms with Crippen LogP contribution in [0.4, 0.5) is 0 Å². The second-order valence-electron chi connectivity index (χ2n) is 4.90. The van der Waals surface area contributed by atoms with Gasteiger partial charge in [-0.15, -0.1) is 0 Å². The molecule has 1 aliphatic heterocycles. The van der Waals surface area contributed by atoms with Crippen LogP contribution < -0.4 is 9.47 Å². The zero-order valence-corrected chi connectivity index (χ0v) is 11.6. The van der Waals surface area contributed by atoms with Crippen molar-refractivity contribution in [2.75, 3.05) is 27.2 Å². The lowest BCUT2D eigenvalue weighted by Gasteiger charge is -2.30. The summed E-state index contributed by atoms with van der Waals surface area (Å²) in [7, 11) is 3.76. The van der Waals surface area contributed by atoms with Crippen molar-refractivity contribution in [3.05, 3.63) is 23.8 Å². The molecule has 1 aromatic carbocycles. The highest BCUT2D eigenvalue weighted by Crippen LogP contribution is 2.33. The molecule has 0 amide bonds. The summed E-state index contributed by atoms with van der Waals surface area (Å²) in [6.07, 6.45) is 2.59. The minimum absolute atomic E-state index is 0.213. The predicted molar refractivity (Wildman–Crippen MR) is 73.5 cm³/mol. The molecule has 1 saturated heterocycles. The second-order valence-corrected chi connectivity index (χ2v) is 4.90. The van der Waals surface area contributed by atoms with Crippen LogP contribution in [0.2, 0.25) is 0 Å². The van der Waals surface area contributed by atoms with Crippen LogP contribution in [0, 0.1) is 11.3 Å². The zero-order valence-electron chi connectivity index (χ0n) is 11.6. The first kappa shape index (κ1) is 13.7. The van der Waals surface area contributed by atoms with E-state index in [4.69, 9.17) is 14.7 Å². The Morgan fingerprint density at radius 2 is 2.11 bits per heavy atom. The number of methoxy groups -OCH3 is 1. The second kappa shape index (κ2) is 6.44. The van der Waals surface area contributed by atoms with Crippen molar-refractivity contribution < 1.29 is 9.47 Å². The molecule has 19 heavy (non-hydrogen) atoms. The van der Waals surface area contributed by atoms with Gasteiger partial charge in [-0.05, 0) is 26.0 Å². The number of ether oxygens (including phenoxy) is 2. The summed E-state index contributed by atoms with van der Waals surface area (Å²) in [4.78, 5) is 2.30. The van der Waals surface area contributed by atoms with Gasteiger partial charge in [0.1, 0.15) is 6.10 Å². The van der Waals surface area contributed by atoms with Gasteiger partial charge in [0.25, 0.3) is 0 Å². The summed E-state index contributed by atoms with van der Waals surface area (Å²) in [5, 5.41) is 8.90. The molecule has 1 aliphatic rings. The average molecular weight is 260 g/mol. The topological polar surface area (TPSA) is 45.5 Å². The maximum Gasteiger partial charge on any atom is 0.165 e. The van der Waals surface area contributed by atoms with Crippen LogP contribution in [0.15, 0.2) is 18.2 Å². The molecule has 0 aliphatic carbocycles. The predicted octanol–water partition coefficient (Wildman–Crippen LogP) is 2.23. The Morgan fingerprint density at radius 3 is 2.74 bits per heavy atom. The number of likely N-dealkylation sites (tertiary alicyclic amines) is 1. The van der Waals surface area contributed by atoms with Gasteiger partial charge in [0.05, 0.1) is 19.6 Å². The minimum Gasteiger partial charge on any atom is -0.493 e. The molecular weight excluding hydrogens is 240 g/mol. The number of piperidine rings is 1. The fraction of sp³-hybridized carbons (Fsp3) is 0.533. The van der Waals surface area contributed by atoms with Crippen molar-refractivity contribution in [3.8, 4) is 17.6 Å². The maximum atomic E-state index is 8.90. The number of nitrogens with zero attached hydrogens (tertiary/aromatic N) is 2. The summed E-state index contributed by atoms with van der Waals surface area (Å²) in [5.41, 5.74) is 0.903. The average Bonchev–Trinajstić information content (AvgIpc) is 2.43. The van der Waals surface area contributed by atoms with Crippen LogP contribution in [0.3, 0.4) is 0 Å².